The number of ether oxygens (including phenoxy) is 2. The predicted octanol–water partition coefficient (Wildman–Crippen LogP) is 2.61. The molecule has 7 heteroatoms. The Morgan fingerprint density at radius 3 is 2.33 bits per heavy atom. The molecule has 0 atom stereocenters. The number of hydrogen-bond donors (Lipinski definition) is 2. The normalized spacial score (nSPS) is 9.96. The van der Waals surface area contributed by atoms with Gasteiger partial charge in [-0.15, -0.1) is 0 Å². The lowest BCUT2D eigenvalue weighted by Gasteiger charge is -2.11. The van der Waals surface area contributed by atoms with E-state index in [1.54, 1.807) is 42.5 Å². The van der Waals surface area contributed by atoms with Crippen LogP contribution in [-0.2, 0) is 16.1 Å². The maximum absolute atomic E-state index is 12.0. The molecule has 0 bridgehead atoms. The van der Waals surface area contributed by atoms with Gasteiger partial charge in [-0.05, 0) is 29.8 Å². The number of nitrogens with one attached hydrogen (secondary N) is 2. The second-order valence-electron chi connectivity index (χ2n) is 4.83. The Balaban J connectivity index is 1.96. The van der Waals surface area contributed by atoms with Crippen LogP contribution in [0.3, 0.4) is 0 Å². The van der Waals surface area contributed by atoms with E-state index in [9.17, 15) is 9.59 Å². The van der Waals surface area contributed by atoms with Crippen molar-refractivity contribution in [3.05, 3.63) is 53.1 Å². The lowest BCUT2D eigenvalue weighted by atomic mass is 10.2. The summed E-state index contributed by atoms with van der Waals surface area (Å²) in [6.07, 6.45) is 0. The maximum atomic E-state index is 12.0. The highest BCUT2D eigenvalue weighted by Crippen LogP contribution is 2.28. The van der Waals surface area contributed by atoms with E-state index in [-0.39, 0.29) is 6.54 Å². The Kier molecular flexibility index (Phi) is 6.03. The monoisotopic (exact) mass is 348 g/mol. The third kappa shape index (κ3) is 4.63. The first kappa shape index (κ1) is 17.6. The lowest BCUT2D eigenvalue weighted by molar-refractivity contribution is -0.136. The van der Waals surface area contributed by atoms with Gasteiger partial charge in [0.15, 0.2) is 0 Å². The number of anilines is 1. The third-order valence-electron chi connectivity index (χ3n) is 3.23. The zero-order chi connectivity index (χ0) is 17.5. The number of carbonyl (C=O) groups excluding carboxylic acids is 2. The van der Waals surface area contributed by atoms with Crippen LogP contribution in [0.5, 0.6) is 11.5 Å². The summed E-state index contributed by atoms with van der Waals surface area (Å²) in [6, 6.07) is 11.8. The van der Waals surface area contributed by atoms with Crippen molar-refractivity contribution >= 4 is 29.1 Å². The predicted molar refractivity (Wildman–Crippen MR) is 91.5 cm³/mol. The highest BCUT2D eigenvalue weighted by Gasteiger charge is 2.16. The van der Waals surface area contributed by atoms with Crippen LogP contribution in [0, 0.1) is 0 Å². The summed E-state index contributed by atoms with van der Waals surface area (Å²) in [5.74, 6) is -0.555. The first-order valence-corrected chi connectivity index (χ1v) is 7.47. The first-order chi connectivity index (χ1) is 11.5. The Hall–Kier alpha value is -2.73. The first-order valence-electron chi connectivity index (χ1n) is 7.09. The number of halogens is 1. The second-order valence-corrected chi connectivity index (χ2v) is 5.27. The van der Waals surface area contributed by atoms with Crippen molar-refractivity contribution in [2.75, 3.05) is 19.5 Å². The molecule has 2 aromatic carbocycles. The SMILES string of the molecule is COc1ccc(NC(=O)C(=O)NCc2ccc(Cl)cc2)c(OC)c1. The number of amides is 2. The van der Waals surface area contributed by atoms with Gasteiger partial charge in [-0.2, -0.15) is 0 Å². The highest BCUT2D eigenvalue weighted by atomic mass is 35.5. The molecule has 0 saturated carbocycles. The molecule has 24 heavy (non-hydrogen) atoms. The maximum Gasteiger partial charge on any atom is 0.313 e. The summed E-state index contributed by atoms with van der Waals surface area (Å²) in [4.78, 5) is 23.9. The molecule has 0 radical (unpaired) electrons. The van der Waals surface area contributed by atoms with Crippen LogP contribution in [0.15, 0.2) is 42.5 Å². The molecule has 0 saturated heterocycles. The van der Waals surface area contributed by atoms with Crippen LogP contribution in [0.25, 0.3) is 0 Å². The Morgan fingerprint density at radius 1 is 1.00 bits per heavy atom. The van der Waals surface area contributed by atoms with Gasteiger partial charge in [0.1, 0.15) is 11.5 Å². The van der Waals surface area contributed by atoms with Gasteiger partial charge in [-0.25, -0.2) is 0 Å². The molecule has 2 N–H and O–H groups in total. The standard InChI is InChI=1S/C17H17ClN2O4/c1-23-13-7-8-14(15(9-13)24-2)20-17(22)16(21)19-10-11-3-5-12(18)6-4-11/h3-9H,10H2,1-2H3,(H,19,21)(H,20,22). The molecule has 0 unspecified atom stereocenters. The van der Waals surface area contributed by atoms with Crippen LogP contribution in [0.4, 0.5) is 5.69 Å². The molecule has 0 heterocycles. The van der Waals surface area contributed by atoms with E-state index >= 15 is 0 Å². The number of methoxy groups -OCH3 is 2. The molecular formula is C17H17ClN2O4. The van der Waals surface area contributed by atoms with E-state index in [0.717, 1.165) is 5.56 Å². The van der Waals surface area contributed by atoms with Gasteiger partial charge in [0, 0.05) is 17.6 Å². The topological polar surface area (TPSA) is 76.7 Å². The zero-order valence-electron chi connectivity index (χ0n) is 13.3. The smallest absolute Gasteiger partial charge is 0.313 e. The van der Waals surface area contributed by atoms with Gasteiger partial charge >= 0.3 is 11.8 Å². The van der Waals surface area contributed by atoms with Gasteiger partial charge in [-0.3, -0.25) is 9.59 Å². The summed E-state index contributed by atoms with van der Waals surface area (Å²) in [5.41, 5.74) is 1.22. The molecule has 0 aliphatic heterocycles. The molecule has 0 aliphatic rings. The summed E-state index contributed by atoms with van der Waals surface area (Å²) < 4.78 is 10.2. The number of benzene rings is 2. The molecule has 0 aromatic heterocycles. The van der Waals surface area contributed by atoms with E-state index in [4.69, 9.17) is 21.1 Å². The van der Waals surface area contributed by atoms with Gasteiger partial charge in [0.05, 0.1) is 19.9 Å². The molecule has 2 rings (SSSR count). The van der Waals surface area contributed by atoms with Crippen LogP contribution in [0.1, 0.15) is 5.56 Å². The van der Waals surface area contributed by atoms with E-state index in [1.165, 1.54) is 14.2 Å². The minimum atomic E-state index is -0.785. The van der Waals surface area contributed by atoms with Crippen molar-refractivity contribution in [2.45, 2.75) is 6.54 Å². The largest absolute Gasteiger partial charge is 0.497 e. The van der Waals surface area contributed by atoms with Crippen LogP contribution in [-0.4, -0.2) is 26.0 Å². The number of carbonyl (C=O) groups is 2. The van der Waals surface area contributed by atoms with E-state index in [2.05, 4.69) is 10.6 Å². The van der Waals surface area contributed by atoms with Crippen LogP contribution >= 0.6 is 11.6 Å². The molecule has 2 aromatic rings. The molecule has 0 fully saturated rings. The summed E-state index contributed by atoms with van der Waals surface area (Å²) in [5, 5.41) is 5.65. The lowest BCUT2D eigenvalue weighted by Crippen LogP contribution is -2.35. The number of hydrogen-bond acceptors (Lipinski definition) is 4. The molecule has 0 aliphatic carbocycles. The fraction of sp³-hybridized carbons (Fsp3) is 0.176. The Bertz CT molecular complexity index is 732. The van der Waals surface area contributed by atoms with Crippen molar-refractivity contribution in [3.63, 3.8) is 0 Å². The average Bonchev–Trinajstić information content (AvgIpc) is 2.61. The van der Waals surface area contributed by atoms with Gasteiger partial charge in [0.2, 0.25) is 0 Å². The minimum absolute atomic E-state index is 0.225. The molecular weight excluding hydrogens is 332 g/mol. The molecule has 2 amide bonds. The summed E-state index contributed by atoms with van der Waals surface area (Å²) >= 11 is 5.79. The van der Waals surface area contributed by atoms with Crippen molar-refractivity contribution in [1.82, 2.24) is 5.32 Å². The fourth-order valence-corrected chi connectivity index (χ4v) is 2.07. The van der Waals surface area contributed by atoms with Crippen molar-refractivity contribution in [3.8, 4) is 11.5 Å². The summed E-state index contributed by atoms with van der Waals surface area (Å²) in [6.45, 7) is 0.225. The van der Waals surface area contributed by atoms with Gasteiger partial charge < -0.3 is 20.1 Å². The fourth-order valence-electron chi connectivity index (χ4n) is 1.95. The van der Waals surface area contributed by atoms with Gasteiger partial charge in [0.25, 0.3) is 0 Å². The van der Waals surface area contributed by atoms with Crippen molar-refractivity contribution < 1.29 is 19.1 Å². The average molecular weight is 349 g/mol. The van der Waals surface area contributed by atoms with E-state index in [0.29, 0.717) is 22.2 Å². The highest BCUT2D eigenvalue weighted by molar-refractivity contribution is 6.39. The van der Waals surface area contributed by atoms with E-state index < -0.39 is 11.8 Å². The quantitative estimate of drug-likeness (QED) is 0.814. The minimum Gasteiger partial charge on any atom is -0.497 e. The Morgan fingerprint density at radius 2 is 1.71 bits per heavy atom. The third-order valence-corrected chi connectivity index (χ3v) is 3.48. The van der Waals surface area contributed by atoms with Crippen molar-refractivity contribution in [1.29, 1.82) is 0 Å². The van der Waals surface area contributed by atoms with Crippen molar-refractivity contribution in [2.24, 2.45) is 0 Å². The zero-order valence-corrected chi connectivity index (χ0v) is 14.0. The molecule has 6 nitrogen and oxygen atoms in total. The number of rotatable bonds is 5. The summed E-state index contributed by atoms with van der Waals surface area (Å²) in [7, 11) is 2.99. The van der Waals surface area contributed by atoms with E-state index in [1.807, 2.05) is 0 Å². The molecule has 0 spiro atoms. The van der Waals surface area contributed by atoms with Gasteiger partial charge in [-0.1, -0.05) is 23.7 Å². The Labute approximate surface area is 144 Å². The second kappa shape index (κ2) is 8.21. The molecule has 126 valence electrons. The van der Waals surface area contributed by atoms with Crippen LogP contribution < -0.4 is 20.1 Å². The van der Waals surface area contributed by atoms with Crippen LogP contribution in [0.2, 0.25) is 5.02 Å².